The first kappa shape index (κ1) is 13.2. The van der Waals surface area contributed by atoms with Crippen LogP contribution in [0, 0.1) is 6.92 Å². The van der Waals surface area contributed by atoms with Gasteiger partial charge in [0.05, 0.1) is 6.61 Å². The lowest BCUT2D eigenvalue weighted by Gasteiger charge is -2.09. The summed E-state index contributed by atoms with van der Waals surface area (Å²) in [5.41, 5.74) is 8.58. The van der Waals surface area contributed by atoms with Gasteiger partial charge in [-0.15, -0.1) is 0 Å². The first-order valence-corrected chi connectivity index (χ1v) is 6.30. The standard InChI is InChI=1S/C15H18N2O2/c1-3-19-15(18)13-9-11(2)17(14(13)16)10-12-7-5-4-6-8-12/h4-9H,3,10,16H2,1-2H3. The fourth-order valence-corrected chi connectivity index (χ4v) is 2.04. The number of benzene rings is 1. The summed E-state index contributed by atoms with van der Waals surface area (Å²) >= 11 is 0. The van der Waals surface area contributed by atoms with Crippen molar-refractivity contribution in [1.82, 2.24) is 4.57 Å². The summed E-state index contributed by atoms with van der Waals surface area (Å²) in [4.78, 5) is 11.8. The van der Waals surface area contributed by atoms with Gasteiger partial charge >= 0.3 is 5.97 Å². The molecule has 0 aliphatic rings. The molecule has 100 valence electrons. The van der Waals surface area contributed by atoms with E-state index in [4.69, 9.17) is 10.5 Å². The van der Waals surface area contributed by atoms with Gasteiger partial charge in [-0.2, -0.15) is 0 Å². The zero-order chi connectivity index (χ0) is 13.8. The van der Waals surface area contributed by atoms with Crippen molar-refractivity contribution in [1.29, 1.82) is 0 Å². The molecule has 0 amide bonds. The van der Waals surface area contributed by atoms with E-state index in [9.17, 15) is 4.79 Å². The number of hydrogen-bond acceptors (Lipinski definition) is 3. The lowest BCUT2D eigenvalue weighted by molar-refractivity contribution is 0.0527. The van der Waals surface area contributed by atoms with Crippen LogP contribution in [-0.4, -0.2) is 17.1 Å². The third-order valence-electron chi connectivity index (χ3n) is 3.02. The highest BCUT2D eigenvalue weighted by Gasteiger charge is 2.17. The molecule has 0 atom stereocenters. The molecule has 2 rings (SSSR count). The van der Waals surface area contributed by atoms with Crippen LogP contribution >= 0.6 is 0 Å². The Morgan fingerprint density at radius 1 is 1.32 bits per heavy atom. The van der Waals surface area contributed by atoms with E-state index in [1.54, 1.807) is 13.0 Å². The number of ether oxygens (including phenoxy) is 1. The summed E-state index contributed by atoms with van der Waals surface area (Å²) in [7, 11) is 0. The molecule has 1 heterocycles. The fourth-order valence-electron chi connectivity index (χ4n) is 2.04. The van der Waals surface area contributed by atoms with Gasteiger partial charge in [0.25, 0.3) is 0 Å². The summed E-state index contributed by atoms with van der Waals surface area (Å²) < 4.78 is 6.91. The van der Waals surface area contributed by atoms with Crippen LogP contribution in [0.5, 0.6) is 0 Å². The molecule has 1 aromatic carbocycles. The molecule has 2 N–H and O–H groups in total. The summed E-state index contributed by atoms with van der Waals surface area (Å²) in [6, 6.07) is 11.8. The van der Waals surface area contributed by atoms with Crippen molar-refractivity contribution in [2.24, 2.45) is 0 Å². The lowest BCUT2D eigenvalue weighted by Crippen LogP contribution is -2.10. The Bertz CT molecular complexity index is 573. The van der Waals surface area contributed by atoms with E-state index in [2.05, 4.69) is 0 Å². The molecule has 0 aliphatic carbocycles. The molecular weight excluding hydrogens is 240 g/mol. The first-order valence-electron chi connectivity index (χ1n) is 6.30. The highest BCUT2D eigenvalue weighted by Crippen LogP contribution is 2.20. The van der Waals surface area contributed by atoms with Gasteiger partial charge in [-0.3, -0.25) is 0 Å². The molecule has 0 unspecified atom stereocenters. The number of anilines is 1. The maximum atomic E-state index is 11.8. The molecule has 0 aliphatic heterocycles. The number of hydrogen-bond donors (Lipinski definition) is 1. The van der Waals surface area contributed by atoms with Crippen LogP contribution in [0.4, 0.5) is 5.82 Å². The molecular formula is C15H18N2O2. The van der Waals surface area contributed by atoms with Crippen molar-refractivity contribution in [2.45, 2.75) is 20.4 Å². The number of nitrogen functional groups attached to an aromatic ring is 1. The molecule has 0 saturated carbocycles. The van der Waals surface area contributed by atoms with Crippen molar-refractivity contribution in [3.05, 3.63) is 53.2 Å². The van der Waals surface area contributed by atoms with Crippen LogP contribution < -0.4 is 5.73 Å². The van der Waals surface area contributed by atoms with E-state index < -0.39 is 0 Å². The van der Waals surface area contributed by atoms with Crippen molar-refractivity contribution >= 4 is 11.8 Å². The molecule has 0 saturated heterocycles. The molecule has 4 heteroatoms. The molecule has 1 aromatic heterocycles. The van der Waals surface area contributed by atoms with Crippen LogP contribution in [0.1, 0.15) is 28.5 Å². The molecule has 0 bridgehead atoms. The number of carbonyl (C=O) groups is 1. The highest BCUT2D eigenvalue weighted by molar-refractivity contribution is 5.94. The van der Waals surface area contributed by atoms with Gasteiger partial charge < -0.3 is 15.0 Å². The van der Waals surface area contributed by atoms with Gasteiger partial charge in [0.1, 0.15) is 11.4 Å². The van der Waals surface area contributed by atoms with E-state index in [1.165, 1.54) is 0 Å². The van der Waals surface area contributed by atoms with E-state index in [-0.39, 0.29) is 5.97 Å². The number of rotatable bonds is 4. The number of aryl methyl sites for hydroxylation is 1. The Morgan fingerprint density at radius 2 is 2.00 bits per heavy atom. The van der Waals surface area contributed by atoms with Crippen LogP contribution in [-0.2, 0) is 11.3 Å². The van der Waals surface area contributed by atoms with Crippen molar-refractivity contribution < 1.29 is 9.53 Å². The zero-order valence-electron chi connectivity index (χ0n) is 11.2. The van der Waals surface area contributed by atoms with Gasteiger partial charge in [0.15, 0.2) is 0 Å². The van der Waals surface area contributed by atoms with Crippen molar-refractivity contribution in [2.75, 3.05) is 12.3 Å². The molecule has 0 fully saturated rings. The smallest absolute Gasteiger partial charge is 0.341 e. The Hall–Kier alpha value is -2.23. The third kappa shape index (κ3) is 2.78. The second-order valence-corrected chi connectivity index (χ2v) is 4.38. The minimum Gasteiger partial charge on any atom is -0.462 e. The summed E-state index contributed by atoms with van der Waals surface area (Å²) in [5.74, 6) is 0.0923. The van der Waals surface area contributed by atoms with E-state index in [1.807, 2.05) is 41.8 Å². The Labute approximate surface area is 112 Å². The number of carbonyl (C=O) groups excluding carboxylic acids is 1. The summed E-state index contributed by atoms with van der Waals surface area (Å²) in [5, 5.41) is 0. The third-order valence-corrected chi connectivity index (χ3v) is 3.02. The minimum absolute atomic E-state index is 0.348. The Kier molecular flexibility index (Phi) is 3.90. The molecule has 4 nitrogen and oxygen atoms in total. The predicted octanol–water partition coefficient (Wildman–Crippen LogP) is 2.60. The van der Waals surface area contributed by atoms with E-state index in [0.29, 0.717) is 24.5 Å². The molecule has 19 heavy (non-hydrogen) atoms. The van der Waals surface area contributed by atoms with Crippen LogP contribution in [0.3, 0.4) is 0 Å². The highest BCUT2D eigenvalue weighted by atomic mass is 16.5. The molecule has 2 aromatic rings. The van der Waals surface area contributed by atoms with Gasteiger partial charge in [0, 0.05) is 12.2 Å². The SMILES string of the molecule is CCOC(=O)c1cc(C)n(Cc2ccccc2)c1N. The zero-order valence-corrected chi connectivity index (χ0v) is 11.2. The predicted molar refractivity (Wildman–Crippen MR) is 75.1 cm³/mol. The van der Waals surface area contributed by atoms with Crippen molar-refractivity contribution in [3.63, 3.8) is 0 Å². The van der Waals surface area contributed by atoms with Crippen LogP contribution in [0.25, 0.3) is 0 Å². The average molecular weight is 258 g/mol. The number of esters is 1. The Morgan fingerprint density at radius 3 is 2.63 bits per heavy atom. The average Bonchev–Trinajstić information content (AvgIpc) is 2.68. The van der Waals surface area contributed by atoms with Gasteiger partial charge in [-0.25, -0.2) is 4.79 Å². The second-order valence-electron chi connectivity index (χ2n) is 4.38. The van der Waals surface area contributed by atoms with Crippen molar-refractivity contribution in [3.8, 4) is 0 Å². The quantitative estimate of drug-likeness (QED) is 0.858. The molecule has 0 spiro atoms. The van der Waals surface area contributed by atoms with Gasteiger partial charge in [-0.1, -0.05) is 30.3 Å². The normalized spacial score (nSPS) is 10.4. The van der Waals surface area contributed by atoms with Crippen LogP contribution in [0.2, 0.25) is 0 Å². The number of aromatic nitrogens is 1. The first-order chi connectivity index (χ1) is 9.13. The maximum absolute atomic E-state index is 11.8. The topological polar surface area (TPSA) is 57.2 Å². The lowest BCUT2D eigenvalue weighted by atomic mass is 10.2. The number of nitrogens with two attached hydrogens (primary N) is 1. The largest absolute Gasteiger partial charge is 0.462 e. The fraction of sp³-hybridized carbons (Fsp3) is 0.267. The molecule has 0 radical (unpaired) electrons. The van der Waals surface area contributed by atoms with Gasteiger partial charge in [-0.05, 0) is 25.5 Å². The summed E-state index contributed by atoms with van der Waals surface area (Å²) in [6.45, 7) is 4.71. The minimum atomic E-state index is -0.366. The monoisotopic (exact) mass is 258 g/mol. The van der Waals surface area contributed by atoms with E-state index in [0.717, 1.165) is 11.3 Å². The van der Waals surface area contributed by atoms with Gasteiger partial charge in [0.2, 0.25) is 0 Å². The Balaban J connectivity index is 2.29. The summed E-state index contributed by atoms with van der Waals surface area (Å²) in [6.07, 6.45) is 0. The maximum Gasteiger partial charge on any atom is 0.341 e. The second kappa shape index (κ2) is 5.61. The van der Waals surface area contributed by atoms with Crippen LogP contribution in [0.15, 0.2) is 36.4 Å². The van der Waals surface area contributed by atoms with E-state index >= 15 is 0 Å². The number of nitrogens with zero attached hydrogens (tertiary/aromatic N) is 1.